The molecule has 0 bridgehead atoms. The number of aliphatic hydroxyl groups is 6. The van der Waals surface area contributed by atoms with Gasteiger partial charge in [0.05, 0.1) is 25.4 Å². The van der Waals surface area contributed by atoms with Gasteiger partial charge in [-0.15, -0.1) is 0 Å². The Balaban J connectivity index is 2.60. The van der Waals surface area contributed by atoms with Crippen LogP contribution in [0.15, 0.2) is 0 Å². The highest BCUT2D eigenvalue weighted by atomic mass is 16.7. The average Bonchev–Trinajstić information content (AvgIpc) is 2.97. The molecule has 2 unspecified atom stereocenters. The molecule has 244 valence electrons. The van der Waals surface area contributed by atoms with E-state index >= 15 is 0 Å². The molecule has 1 aliphatic heterocycles. The van der Waals surface area contributed by atoms with E-state index in [4.69, 9.17) is 9.47 Å². The largest absolute Gasteiger partial charge is 0.394 e. The van der Waals surface area contributed by atoms with Gasteiger partial charge in [-0.05, 0) is 12.8 Å². The number of carbonyl (C=O) groups is 1. The van der Waals surface area contributed by atoms with Gasteiger partial charge in [0.2, 0.25) is 5.91 Å². The minimum absolute atomic E-state index is 0.268. The first-order chi connectivity index (χ1) is 19.8. The summed E-state index contributed by atoms with van der Waals surface area (Å²) in [7, 11) is 0. The van der Waals surface area contributed by atoms with Crippen LogP contribution in [-0.4, -0.2) is 98.7 Å². The van der Waals surface area contributed by atoms with Gasteiger partial charge >= 0.3 is 0 Å². The van der Waals surface area contributed by atoms with E-state index in [0.717, 1.165) is 51.4 Å². The van der Waals surface area contributed by atoms with E-state index in [1.165, 1.54) is 51.4 Å². The summed E-state index contributed by atoms with van der Waals surface area (Å²) >= 11 is 0. The lowest BCUT2D eigenvalue weighted by molar-refractivity contribution is -0.303. The van der Waals surface area contributed by atoms with Gasteiger partial charge in [-0.2, -0.15) is 0 Å². The molecule has 0 saturated carbocycles. The van der Waals surface area contributed by atoms with Gasteiger partial charge in [0.15, 0.2) is 6.29 Å². The number of aliphatic hydroxyl groups excluding tert-OH is 6. The van der Waals surface area contributed by atoms with Gasteiger partial charge in [0.1, 0.15) is 30.5 Å². The highest BCUT2D eigenvalue weighted by Gasteiger charge is 2.44. The Labute approximate surface area is 247 Å². The molecular weight excluding hydrogens is 530 g/mol. The number of amides is 1. The van der Waals surface area contributed by atoms with Crippen LogP contribution in [-0.2, 0) is 14.3 Å². The first-order valence-corrected chi connectivity index (χ1v) is 16.3. The maximum atomic E-state index is 12.7. The maximum absolute atomic E-state index is 12.7. The van der Waals surface area contributed by atoms with E-state index in [9.17, 15) is 35.4 Å². The van der Waals surface area contributed by atoms with Crippen LogP contribution in [0.5, 0.6) is 0 Å². The maximum Gasteiger partial charge on any atom is 0.220 e. The van der Waals surface area contributed by atoms with Gasteiger partial charge in [-0.25, -0.2) is 0 Å². The lowest BCUT2D eigenvalue weighted by atomic mass is 9.98. The number of carbonyl (C=O) groups excluding carboxylic acids is 1. The Morgan fingerprint density at radius 1 is 0.756 bits per heavy atom. The third kappa shape index (κ3) is 16.0. The fourth-order valence-corrected chi connectivity index (χ4v) is 5.25. The van der Waals surface area contributed by atoms with Crippen LogP contribution in [0.4, 0.5) is 0 Å². The number of rotatable bonds is 25. The van der Waals surface area contributed by atoms with Gasteiger partial charge < -0.3 is 45.4 Å². The van der Waals surface area contributed by atoms with Crippen molar-refractivity contribution < 1.29 is 44.9 Å². The molecule has 0 radical (unpaired) electrons. The Morgan fingerprint density at radius 2 is 1.27 bits per heavy atom. The molecule has 1 saturated heterocycles. The Bertz CT molecular complexity index is 639. The molecule has 1 amide bonds. The quantitative estimate of drug-likeness (QED) is 0.0789. The first kappa shape index (κ1) is 38.2. The lowest BCUT2D eigenvalue weighted by Gasteiger charge is -2.40. The molecule has 1 heterocycles. The third-order valence-electron chi connectivity index (χ3n) is 8.05. The van der Waals surface area contributed by atoms with Crippen molar-refractivity contribution in [3.63, 3.8) is 0 Å². The second-order valence-corrected chi connectivity index (χ2v) is 11.8. The Kier molecular flexibility index (Phi) is 22.0. The number of hydrogen-bond donors (Lipinski definition) is 7. The predicted octanol–water partition coefficient (Wildman–Crippen LogP) is 3.07. The second kappa shape index (κ2) is 23.6. The van der Waals surface area contributed by atoms with Gasteiger partial charge in [0.25, 0.3) is 0 Å². The van der Waals surface area contributed by atoms with E-state index in [0.29, 0.717) is 6.42 Å². The minimum atomic E-state index is -1.60. The van der Waals surface area contributed by atoms with Crippen molar-refractivity contribution in [3.8, 4) is 0 Å². The predicted molar refractivity (Wildman–Crippen MR) is 158 cm³/mol. The normalized spacial score (nSPS) is 25.1. The summed E-state index contributed by atoms with van der Waals surface area (Å²) in [6.45, 7) is 3.47. The summed E-state index contributed by atoms with van der Waals surface area (Å²) in [5.41, 5.74) is 0. The van der Waals surface area contributed by atoms with E-state index < -0.39 is 55.6 Å². The topological polar surface area (TPSA) is 169 Å². The molecule has 0 aromatic carbocycles. The molecule has 1 rings (SSSR count). The number of hydrogen-bond acceptors (Lipinski definition) is 9. The number of unbranched alkanes of at least 4 members (excludes halogenated alkanes) is 14. The highest BCUT2D eigenvalue weighted by molar-refractivity contribution is 5.76. The molecule has 7 N–H and O–H groups in total. The van der Waals surface area contributed by atoms with Crippen molar-refractivity contribution in [2.45, 2.75) is 178 Å². The van der Waals surface area contributed by atoms with Crippen LogP contribution in [0.3, 0.4) is 0 Å². The minimum Gasteiger partial charge on any atom is -0.394 e. The Morgan fingerprint density at radius 3 is 1.80 bits per heavy atom. The zero-order chi connectivity index (χ0) is 30.5. The first-order valence-electron chi connectivity index (χ1n) is 16.3. The van der Waals surface area contributed by atoms with Gasteiger partial charge in [-0.3, -0.25) is 4.79 Å². The molecule has 41 heavy (non-hydrogen) atoms. The van der Waals surface area contributed by atoms with Crippen molar-refractivity contribution in [3.05, 3.63) is 0 Å². The summed E-state index contributed by atoms with van der Waals surface area (Å²) in [6.07, 6.45) is 8.69. The smallest absolute Gasteiger partial charge is 0.220 e. The molecule has 10 heteroatoms. The zero-order valence-corrected chi connectivity index (χ0v) is 25.7. The van der Waals surface area contributed by atoms with Crippen molar-refractivity contribution in [2.24, 2.45) is 0 Å². The Hall–Kier alpha value is -0.850. The fraction of sp³-hybridized carbons (Fsp3) is 0.968. The van der Waals surface area contributed by atoms with E-state index in [1.54, 1.807) is 0 Å². The van der Waals surface area contributed by atoms with Crippen LogP contribution in [0.1, 0.15) is 129 Å². The number of nitrogens with one attached hydrogen (secondary N) is 1. The summed E-state index contributed by atoms with van der Waals surface area (Å²) in [5.74, 6) is -0.268. The van der Waals surface area contributed by atoms with E-state index in [-0.39, 0.29) is 18.9 Å². The summed E-state index contributed by atoms with van der Waals surface area (Å²) in [6, 6.07) is -0.979. The summed E-state index contributed by atoms with van der Waals surface area (Å²) in [4.78, 5) is 12.7. The van der Waals surface area contributed by atoms with Crippen molar-refractivity contribution >= 4 is 5.91 Å². The van der Waals surface area contributed by atoms with Gasteiger partial charge in [-0.1, -0.05) is 110 Å². The highest BCUT2D eigenvalue weighted by Crippen LogP contribution is 2.23. The van der Waals surface area contributed by atoms with E-state index in [2.05, 4.69) is 19.2 Å². The van der Waals surface area contributed by atoms with Crippen LogP contribution < -0.4 is 5.32 Å². The third-order valence-corrected chi connectivity index (χ3v) is 8.05. The van der Waals surface area contributed by atoms with Crippen molar-refractivity contribution in [2.75, 3.05) is 13.2 Å². The molecule has 1 aliphatic rings. The molecule has 0 aromatic rings. The molecule has 0 aliphatic carbocycles. The van der Waals surface area contributed by atoms with Crippen LogP contribution >= 0.6 is 0 Å². The van der Waals surface area contributed by atoms with Crippen molar-refractivity contribution in [1.82, 2.24) is 5.32 Å². The summed E-state index contributed by atoms with van der Waals surface area (Å²) < 4.78 is 11.0. The molecule has 10 nitrogen and oxygen atoms in total. The molecular formula is C31H61NO9. The van der Waals surface area contributed by atoms with Crippen LogP contribution in [0, 0.1) is 0 Å². The second-order valence-electron chi connectivity index (χ2n) is 11.8. The molecule has 1 fully saturated rings. The van der Waals surface area contributed by atoms with Crippen molar-refractivity contribution in [1.29, 1.82) is 0 Å². The van der Waals surface area contributed by atoms with Crippen LogP contribution in [0.25, 0.3) is 0 Å². The average molecular weight is 592 g/mol. The lowest BCUT2D eigenvalue weighted by Crippen LogP contribution is -2.60. The van der Waals surface area contributed by atoms with E-state index in [1.807, 2.05) is 0 Å². The summed E-state index contributed by atoms with van der Waals surface area (Å²) in [5, 5.41) is 64.2. The molecule has 0 spiro atoms. The van der Waals surface area contributed by atoms with Crippen LogP contribution in [0.2, 0.25) is 0 Å². The SMILES string of the molecule is CCCCCCCCCCC[C@@H](O)[C@@H](O)[C@H](CO[C@@H]1O[C@H](CO)[C@H](O)C(O)C1O)NC(=O)CCCCCCCCC. The number of ether oxygens (including phenoxy) is 2. The standard InChI is InChI=1S/C31H61NO9/c1-3-5-7-9-11-12-14-15-17-19-24(34)27(36)23(32-26(35)20-18-16-13-10-8-6-4-2)22-40-31-30(39)29(38)28(37)25(21-33)41-31/h23-25,27-31,33-34,36-39H,3-22H2,1-2H3,(H,32,35)/t23-,24+,25+,27-,28-,29?,30?,31+/m0/s1. The zero-order valence-electron chi connectivity index (χ0n) is 25.7. The molecule has 8 atom stereocenters. The molecule has 0 aromatic heterocycles. The monoisotopic (exact) mass is 591 g/mol. The fourth-order valence-electron chi connectivity index (χ4n) is 5.25. The van der Waals surface area contributed by atoms with Gasteiger partial charge in [0, 0.05) is 6.42 Å².